The molecule has 3 aromatic rings. The molecule has 2 bridgehead atoms. The fourth-order valence-electron chi connectivity index (χ4n) is 4.23. The summed E-state index contributed by atoms with van der Waals surface area (Å²) in [5.74, 6) is 0.0784. The summed E-state index contributed by atoms with van der Waals surface area (Å²) in [6.07, 6.45) is 7.94. The average Bonchev–Trinajstić information content (AvgIpc) is 3.24. The molecule has 0 aromatic carbocycles. The molecule has 8 heteroatoms. The van der Waals surface area contributed by atoms with Crippen molar-refractivity contribution in [2.75, 3.05) is 0 Å². The van der Waals surface area contributed by atoms with Crippen molar-refractivity contribution in [3.05, 3.63) is 46.6 Å². The number of hydrogen-bond donors (Lipinski definition) is 0. The van der Waals surface area contributed by atoms with Gasteiger partial charge < -0.3 is 4.90 Å². The van der Waals surface area contributed by atoms with Crippen LogP contribution in [0.5, 0.6) is 0 Å². The number of aromatic nitrogens is 5. The van der Waals surface area contributed by atoms with Crippen LogP contribution in [-0.4, -0.2) is 41.2 Å². The lowest BCUT2D eigenvalue weighted by atomic mass is 9.99. The number of amides is 1. The van der Waals surface area contributed by atoms with Gasteiger partial charge in [0.15, 0.2) is 5.65 Å². The van der Waals surface area contributed by atoms with Gasteiger partial charge in [-0.05, 0) is 19.8 Å². The number of carbonyl (C=O) groups excluding carboxylic acids is 1. The van der Waals surface area contributed by atoms with E-state index >= 15 is 0 Å². The number of fused-ring (bicyclic) bond motifs is 6. The van der Waals surface area contributed by atoms with E-state index in [-0.39, 0.29) is 24.5 Å². The Morgan fingerprint density at radius 2 is 2.24 bits per heavy atom. The van der Waals surface area contributed by atoms with E-state index in [9.17, 15) is 4.79 Å². The molecular formula is C17H17ClN6O. The highest BCUT2D eigenvalue weighted by Gasteiger charge is 2.43. The molecule has 5 rings (SSSR count). The zero-order valence-electron chi connectivity index (χ0n) is 13.8. The molecule has 0 radical (unpaired) electrons. The van der Waals surface area contributed by atoms with E-state index in [4.69, 9.17) is 11.6 Å². The Kier molecular flexibility index (Phi) is 3.15. The second-order valence-electron chi connectivity index (χ2n) is 6.82. The zero-order valence-corrected chi connectivity index (χ0v) is 14.5. The quantitative estimate of drug-likeness (QED) is 0.705. The zero-order chi connectivity index (χ0) is 17.1. The molecule has 3 aromatic heterocycles. The minimum Gasteiger partial charge on any atom is -0.331 e. The maximum absolute atomic E-state index is 12.9. The maximum atomic E-state index is 12.9. The van der Waals surface area contributed by atoms with Gasteiger partial charge >= 0.3 is 0 Å². The van der Waals surface area contributed by atoms with Crippen molar-refractivity contribution < 1.29 is 4.79 Å². The molecule has 2 aliphatic rings. The molecule has 2 atom stereocenters. The Bertz CT molecular complexity index is 992. The summed E-state index contributed by atoms with van der Waals surface area (Å²) in [6, 6.07) is 2.28. The van der Waals surface area contributed by atoms with Gasteiger partial charge in [0.05, 0.1) is 28.6 Å². The van der Waals surface area contributed by atoms with E-state index in [0.717, 1.165) is 36.2 Å². The first-order valence-electron chi connectivity index (χ1n) is 8.43. The van der Waals surface area contributed by atoms with Crippen LogP contribution in [-0.2, 0) is 17.8 Å². The Morgan fingerprint density at radius 3 is 3.04 bits per heavy atom. The molecular weight excluding hydrogens is 340 g/mol. The Hall–Kier alpha value is -2.41. The van der Waals surface area contributed by atoms with Gasteiger partial charge in [0.25, 0.3) is 0 Å². The predicted octanol–water partition coefficient (Wildman–Crippen LogP) is 2.18. The molecule has 1 amide bonds. The van der Waals surface area contributed by atoms with Crippen LogP contribution in [0.4, 0.5) is 0 Å². The fourth-order valence-corrected chi connectivity index (χ4v) is 4.38. The molecule has 0 aliphatic carbocycles. The lowest BCUT2D eigenvalue weighted by Gasteiger charge is -2.36. The van der Waals surface area contributed by atoms with Crippen LogP contribution >= 0.6 is 11.6 Å². The number of rotatable bonds is 2. The molecule has 0 unspecified atom stereocenters. The Morgan fingerprint density at radius 1 is 1.36 bits per heavy atom. The van der Waals surface area contributed by atoms with E-state index in [1.54, 1.807) is 17.1 Å². The topological polar surface area (TPSA) is 68.3 Å². The van der Waals surface area contributed by atoms with E-state index in [1.165, 1.54) is 5.69 Å². The van der Waals surface area contributed by atoms with Gasteiger partial charge in [-0.2, -0.15) is 10.2 Å². The summed E-state index contributed by atoms with van der Waals surface area (Å²) < 4.78 is 3.54. The average molecular weight is 357 g/mol. The van der Waals surface area contributed by atoms with Crippen LogP contribution in [0.25, 0.3) is 5.65 Å². The highest BCUT2D eigenvalue weighted by molar-refractivity contribution is 6.30. The molecule has 128 valence electrons. The summed E-state index contributed by atoms with van der Waals surface area (Å²) in [5, 5.41) is 9.25. The number of halogens is 1. The van der Waals surface area contributed by atoms with Gasteiger partial charge in [0, 0.05) is 36.5 Å². The van der Waals surface area contributed by atoms with Gasteiger partial charge in [-0.25, -0.2) is 9.50 Å². The van der Waals surface area contributed by atoms with Crippen LogP contribution < -0.4 is 0 Å². The number of nitrogens with zero attached hydrogens (tertiary/aromatic N) is 6. The summed E-state index contributed by atoms with van der Waals surface area (Å²) in [4.78, 5) is 19.5. The lowest BCUT2D eigenvalue weighted by molar-refractivity contribution is -0.135. The van der Waals surface area contributed by atoms with Gasteiger partial charge in [0.2, 0.25) is 5.91 Å². The molecule has 25 heavy (non-hydrogen) atoms. The second-order valence-corrected chi connectivity index (χ2v) is 7.26. The lowest BCUT2D eigenvalue weighted by Crippen LogP contribution is -2.44. The normalized spacial score (nSPS) is 21.8. The molecule has 1 fully saturated rings. The van der Waals surface area contributed by atoms with Crippen molar-refractivity contribution >= 4 is 23.2 Å². The van der Waals surface area contributed by atoms with Gasteiger partial charge in [-0.1, -0.05) is 11.6 Å². The first-order valence-corrected chi connectivity index (χ1v) is 8.81. The van der Waals surface area contributed by atoms with Gasteiger partial charge in [-0.15, -0.1) is 0 Å². The third kappa shape index (κ3) is 2.26. The monoisotopic (exact) mass is 356 g/mol. The van der Waals surface area contributed by atoms with Crippen LogP contribution in [0, 0.1) is 6.92 Å². The molecule has 1 saturated heterocycles. The van der Waals surface area contributed by atoms with Crippen LogP contribution in [0.15, 0.2) is 24.7 Å². The SMILES string of the molecule is Cc1cc2ncc3c(n2n1)C[C@@H]1CC[C@H]3N1C(=O)Cn1cc(Cl)cn1. The highest BCUT2D eigenvalue weighted by atomic mass is 35.5. The fraction of sp³-hybridized carbons (Fsp3) is 0.412. The largest absolute Gasteiger partial charge is 0.331 e. The van der Waals surface area contributed by atoms with Crippen molar-refractivity contribution in [3.63, 3.8) is 0 Å². The van der Waals surface area contributed by atoms with E-state index in [2.05, 4.69) is 15.2 Å². The van der Waals surface area contributed by atoms with E-state index in [0.29, 0.717) is 5.02 Å². The van der Waals surface area contributed by atoms with Crippen molar-refractivity contribution in [2.45, 2.75) is 44.8 Å². The van der Waals surface area contributed by atoms with Crippen molar-refractivity contribution in [1.82, 2.24) is 29.3 Å². The number of hydrogen-bond acceptors (Lipinski definition) is 4. The molecule has 2 aliphatic heterocycles. The summed E-state index contributed by atoms with van der Waals surface area (Å²) >= 11 is 5.90. The highest BCUT2D eigenvalue weighted by Crippen LogP contribution is 2.43. The smallest absolute Gasteiger partial charge is 0.245 e. The van der Waals surface area contributed by atoms with Crippen LogP contribution in [0.1, 0.15) is 35.8 Å². The van der Waals surface area contributed by atoms with Crippen LogP contribution in [0.2, 0.25) is 5.02 Å². The number of aryl methyl sites for hydroxylation is 1. The van der Waals surface area contributed by atoms with Gasteiger partial charge in [0.1, 0.15) is 6.54 Å². The molecule has 0 N–H and O–H groups in total. The minimum atomic E-state index is 0.0775. The van der Waals surface area contributed by atoms with Crippen molar-refractivity contribution in [1.29, 1.82) is 0 Å². The third-order valence-electron chi connectivity index (χ3n) is 5.21. The first kappa shape index (κ1) is 14.9. The van der Waals surface area contributed by atoms with Gasteiger partial charge in [-0.3, -0.25) is 9.48 Å². The summed E-state index contributed by atoms with van der Waals surface area (Å²) in [6.45, 7) is 2.19. The second kappa shape index (κ2) is 5.29. The van der Waals surface area contributed by atoms with Crippen molar-refractivity contribution in [3.8, 4) is 0 Å². The maximum Gasteiger partial charge on any atom is 0.245 e. The standard InChI is InChI=1S/C17H17ClN6O/c1-10-4-16-19-7-13-14-3-2-12(5-15(13)24(16)21-10)23(14)17(25)9-22-8-11(18)6-20-22/h4,6-8,12,14H,2-3,5,9H2,1H3/t12-,14+/m0/s1. The molecule has 5 heterocycles. The Labute approximate surface area is 149 Å². The molecule has 7 nitrogen and oxygen atoms in total. The predicted molar refractivity (Wildman–Crippen MR) is 91.3 cm³/mol. The van der Waals surface area contributed by atoms with E-state index in [1.807, 2.05) is 28.6 Å². The number of carbonyl (C=O) groups is 1. The molecule has 0 saturated carbocycles. The summed E-state index contributed by atoms with van der Waals surface area (Å²) in [7, 11) is 0. The summed E-state index contributed by atoms with van der Waals surface area (Å²) in [5.41, 5.74) is 4.15. The third-order valence-corrected chi connectivity index (χ3v) is 5.41. The van der Waals surface area contributed by atoms with Crippen molar-refractivity contribution in [2.24, 2.45) is 0 Å². The first-order chi connectivity index (χ1) is 12.1. The van der Waals surface area contributed by atoms with E-state index < -0.39 is 0 Å². The minimum absolute atomic E-state index is 0.0775. The van der Waals surface area contributed by atoms with Crippen LogP contribution in [0.3, 0.4) is 0 Å². The Balaban J connectivity index is 1.50. The molecule has 0 spiro atoms.